The van der Waals surface area contributed by atoms with Crippen LogP contribution < -0.4 is 9.80 Å². The van der Waals surface area contributed by atoms with Gasteiger partial charge in [-0.25, -0.2) is 0 Å². The van der Waals surface area contributed by atoms with Crippen LogP contribution in [0.2, 0.25) is 0 Å². The van der Waals surface area contributed by atoms with Crippen LogP contribution in [0, 0.1) is 12.1 Å². The third-order valence-corrected chi connectivity index (χ3v) is 11.6. The van der Waals surface area contributed by atoms with Crippen LogP contribution in [0.5, 0.6) is 0 Å². The van der Waals surface area contributed by atoms with Crippen molar-refractivity contribution in [3.63, 3.8) is 0 Å². The second-order valence-corrected chi connectivity index (χ2v) is 15.6. The van der Waals surface area contributed by atoms with Crippen LogP contribution in [0.4, 0.5) is 28.4 Å². The van der Waals surface area contributed by atoms with E-state index in [0.29, 0.717) is 0 Å². The lowest BCUT2D eigenvalue weighted by Crippen LogP contribution is -2.16. The molecule has 0 spiro atoms. The van der Waals surface area contributed by atoms with E-state index >= 15 is 0 Å². The molecule has 1 aliphatic carbocycles. The second-order valence-electron chi connectivity index (χ2n) is 15.6. The Morgan fingerprint density at radius 3 is 1.43 bits per heavy atom. The first-order valence-electron chi connectivity index (χ1n) is 21.5. The van der Waals surface area contributed by atoms with Gasteiger partial charge in [0.1, 0.15) is 0 Å². The molecule has 0 unspecified atom stereocenters. The topological polar surface area (TPSA) is 6.48 Å². The Hall–Kier alpha value is -8.38. The molecule has 298 valence electrons. The third kappa shape index (κ3) is 8.50. The summed E-state index contributed by atoms with van der Waals surface area (Å²) in [5.74, 6) is 0. The minimum Gasteiger partial charge on any atom is -0.314 e. The fraction of sp³-hybridized carbons (Fsp3) is 0.0164. The maximum Gasteiger partial charge on any atom is 0.0973 e. The molecule has 0 atom stereocenters. The average molecular weight is 805 g/mol. The highest BCUT2D eigenvalue weighted by atomic mass is 15.1. The molecule has 0 saturated heterocycles. The van der Waals surface area contributed by atoms with E-state index in [0.717, 1.165) is 57.1 Å². The number of anilines is 5. The van der Waals surface area contributed by atoms with Gasteiger partial charge in [-0.05, 0) is 123 Å². The molecule has 0 N–H and O–H groups in total. The van der Waals surface area contributed by atoms with Crippen molar-refractivity contribution in [1.29, 1.82) is 0 Å². The van der Waals surface area contributed by atoms with E-state index in [2.05, 4.69) is 265 Å². The van der Waals surface area contributed by atoms with E-state index in [1.807, 2.05) is 12.1 Å². The monoisotopic (exact) mass is 804 g/mol. The van der Waals surface area contributed by atoms with Crippen LogP contribution in [-0.2, 0) is 0 Å². The molecule has 0 saturated carbocycles. The van der Waals surface area contributed by atoms with Gasteiger partial charge in [-0.3, -0.25) is 0 Å². The lowest BCUT2D eigenvalue weighted by atomic mass is 9.92. The van der Waals surface area contributed by atoms with Gasteiger partial charge < -0.3 is 9.80 Å². The highest BCUT2D eigenvalue weighted by Crippen LogP contribution is 2.41. The molecule has 2 nitrogen and oxygen atoms in total. The molecule has 0 radical (unpaired) electrons. The molecule has 0 bridgehead atoms. The summed E-state index contributed by atoms with van der Waals surface area (Å²) in [6, 6.07) is 88.6. The summed E-state index contributed by atoms with van der Waals surface area (Å²) in [6.07, 6.45) is 9.83. The molecule has 0 fully saturated rings. The van der Waals surface area contributed by atoms with Gasteiger partial charge >= 0.3 is 0 Å². The summed E-state index contributed by atoms with van der Waals surface area (Å²) in [7, 11) is 0. The minimum atomic E-state index is 0.801. The highest BCUT2D eigenvalue weighted by Gasteiger charge is 2.19. The van der Waals surface area contributed by atoms with Crippen LogP contribution in [0.25, 0.3) is 50.1 Å². The number of allylic oxidation sites excluding steroid dienone is 5. The van der Waals surface area contributed by atoms with Crippen molar-refractivity contribution in [1.82, 2.24) is 0 Å². The van der Waals surface area contributed by atoms with Crippen LogP contribution >= 0.6 is 0 Å². The smallest absolute Gasteiger partial charge is 0.0973 e. The SMILES string of the molecule is c1c(-c2ccccc2)ccc(N(c2ccccc2)c2ccc(-c3ccc(-c4ccc(N(C5=CC=C(c6ccccc6)C=CC5)c5ccccc5)cc4-c4ccccc4)cc3)cc2)c#1. The van der Waals surface area contributed by atoms with Crippen LogP contribution in [0.15, 0.2) is 261 Å². The van der Waals surface area contributed by atoms with E-state index in [1.165, 1.54) is 39.1 Å². The number of benzene rings is 8. The van der Waals surface area contributed by atoms with Crippen molar-refractivity contribution in [2.45, 2.75) is 6.42 Å². The van der Waals surface area contributed by atoms with Crippen molar-refractivity contribution >= 4 is 34.0 Å². The first kappa shape index (κ1) is 38.8. The third-order valence-electron chi connectivity index (χ3n) is 11.6. The predicted molar refractivity (Wildman–Crippen MR) is 265 cm³/mol. The fourth-order valence-corrected chi connectivity index (χ4v) is 8.39. The first-order chi connectivity index (χ1) is 31.2. The predicted octanol–water partition coefficient (Wildman–Crippen LogP) is 16.5. The standard InChI is InChI=1S/C61H44N2/c1-6-17-46(18-7-1)48-23-16-28-56(38-33-48)63(55-26-14-5-15-27-55)59-43-44-60(61(45-59)52-21-10-3-11-22-52)53-31-29-49(30-32-53)51-36-41-58(42-37-51)62(54-24-12-4-13-25-54)57-39-34-50(35-40-57)47-19-8-2-9-20-47/h1-27,29-34,36-39,41-45H,28H2. The summed E-state index contributed by atoms with van der Waals surface area (Å²) < 4.78 is 0. The highest BCUT2D eigenvalue weighted by molar-refractivity contribution is 5.89. The van der Waals surface area contributed by atoms with E-state index in [9.17, 15) is 0 Å². The summed E-state index contributed by atoms with van der Waals surface area (Å²) in [4.78, 5) is 4.63. The molecule has 0 aromatic heterocycles. The van der Waals surface area contributed by atoms with Gasteiger partial charge in [0.2, 0.25) is 0 Å². The molecule has 0 amide bonds. The summed E-state index contributed by atoms with van der Waals surface area (Å²) in [5, 5.41) is 0. The van der Waals surface area contributed by atoms with Gasteiger partial charge in [0.25, 0.3) is 0 Å². The minimum absolute atomic E-state index is 0.801. The van der Waals surface area contributed by atoms with Gasteiger partial charge in [0.05, 0.1) is 5.69 Å². The Labute approximate surface area is 371 Å². The van der Waals surface area contributed by atoms with Crippen LogP contribution in [-0.4, -0.2) is 0 Å². The number of rotatable bonds is 11. The Kier molecular flexibility index (Phi) is 11.1. The van der Waals surface area contributed by atoms with Crippen molar-refractivity contribution in [2.75, 3.05) is 9.80 Å². The lowest BCUT2D eigenvalue weighted by Gasteiger charge is -2.28. The van der Waals surface area contributed by atoms with E-state index in [1.54, 1.807) is 0 Å². The fourth-order valence-electron chi connectivity index (χ4n) is 8.39. The summed E-state index contributed by atoms with van der Waals surface area (Å²) in [5.41, 5.74) is 18.1. The van der Waals surface area contributed by atoms with Crippen molar-refractivity contribution in [3.8, 4) is 44.5 Å². The summed E-state index contributed by atoms with van der Waals surface area (Å²) in [6.45, 7) is 0. The van der Waals surface area contributed by atoms with E-state index < -0.39 is 0 Å². The maximum atomic E-state index is 3.45. The Morgan fingerprint density at radius 1 is 0.333 bits per heavy atom. The first-order valence-corrected chi connectivity index (χ1v) is 21.5. The van der Waals surface area contributed by atoms with Gasteiger partial charge in [-0.2, -0.15) is 0 Å². The zero-order valence-electron chi connectivity index (χ0n) is 34.9. The van der Waals surface area contributed by atoms with Crippen molar-refractivity contribution < 1.29 is 0 Å². The Bertz CT molecular complexity index is 3010. The maximum absolute atomic E-state index is 3.45. The Morgan fingerprint density at radius 2 is 0.825 bits per heavy atom. The van der Waals surface area contributed by atoms with E-state index in [4.69, 9.17) is 0 Å². The van der Waals surface area contributed by atoms with Gasteiger partial charge in [0, 0.05) is 40.4 Å². The molecule has 2 heteroatoms. The van der Waals surface area contributed by atoms with Gasteiger partial charge in [-0.1, -0.05) is 194 Å². The molecule has 10 rings (SSSR count). The second kappa shape index (κ2) is 18.1. The molecular formula is C61H44N2. The quantitative estimate of drug-likeness (QED) is 0.128. The molecule has 0 heterocycles. The molecule has 9 aromatic rings. The number of hydrogen-bond donors (Lipinski definition) is 0. The van der Waals surface area contributed by atoms with Crippen molar-refractivity contribution in [2.24, 2.45) is 0 Å². The number of nitrogens with zero attached hydrogens (tertiary/aromatic N) is 2. The Balaban J connectivity index is 0.966. The van der Waals surface area contributed by atoms with Gasteiger partial charge in [-0.15, -0.1) is 0 Å². The van der Waals surface area contributed by atoms with Crippen LogP contribution in [0.3, 0.4) is 0 Å². The number of hydrogen-bond acceptors (Lipinski definition) is 2. The largest absolute Gasteiger partial charge is 0.314 e. The normalized spacial score (nSPS) is 12.1. The van der Waals surface area contributed by atoms with Crippen LogP contribution in [0.1, 0.15) is 12.0 Å². The molecule has 9 aromatic carbocycles. The zero-order chi connectivity index (χ0) is 42.2. The van der Waals surface area contributed by atoms with E-state index in [-0.39, 0.29) is 0 Å². The average Bonchev–Trinajstić information content (AvgIpc) is 3.62. The number of para-hydroxylation sites is 2. The van der Waals surface area contributed by atoms with Gasteiger partial charge in [0.15, 0.2) is 0 Å². The molecular weight excluding hydrogens is 761 g/mol. The lowest BCUT2D eigenvalue weighted by molar-refractivity contribution is 1.08. The molecule has 63 heavy (non-hydrogen) atoms. The van der Waals surface area contributed by atoms with Crippen molar-refractivity contribution in [3.05, 3.63) is 278 Å². The molecule has 1 aliphatic rings. The molecule has 0 aliphatic heterocycles. The summed E-state index contributed by atoms with van der Waals surface area (Å²) >= 11 is 0. The zero-order valence-corrected chi connectivity index (χ0v) is 34.9.